The van der Waals surface area contributed by atoms with Gasteiger partial charge in [-0.15, -0.1) is 0 Å². The molecule has 0 aromatic carbocycles. The van der Waals surface area contributed by atoms with E-state index in [0.29, 0.717) is 0 Å². The third kappa shape index (κ3) is 1.46. The zero-order valence-corrected chi connectivity index (χ0v) is 6.52. The average Bonchev–Trinajstić information content (AvgIpc) is 1.82. The SMILES string of the molecule is O=S(=O)(O)c1c(O)ccc[n+]1[O-]. The van der Waals surface area contributed by atoms with Gasteiger partial charge in [-0.1, -0.05) is 0 Å². The van der Waals surface area contributed by atoms with Crippen LogP contribution in [-0.4, -0.2) is 18.1 Å². The first-order chi connectivity index (χ1) is 5.43. The van der Waals surface area contributed by atoms with Crippen LogP contribution in [0.5, 0.6) is 5.75 Å². The molecule has 0 bridgehead atoms. The minimum Gasteiger partial charge on any atom is -0.618 e. The van der Waals surface area contributed by atoms with Crippen LogP contribution in [0.3, 0.4) is 0 Å². The van der Waals surface area contributed by atoms with Gasteiger partial charge in [0.2, 0.25) is 5.75 Å². The number of rotatable bonds is 1. The van der Waals surface area contributed by atoms with Gasteiger partial charge < -0.3 is 10.3 Å². The summed E-state index contributed by atoms with van der Waals surface area (Å²) < 4.78 is 29.2. The second kappa shape index (κ2) is 2.61. The van der Waals surface area contributed by atoms with Crippen molar-refractivity contribution in [2.24, 2.45) is 0 Å². The molecule has 1 aromatic heterocycles. The monoisotopic (exact) mass is 191 g/mol. The van der Waals surface area contributed by atoms with E-state index in [1.807, 2.05) is 0 Å². The fourth-order valence-corrected chi connectivity index (χ4v) is 1.33. The zero-order valence-electron chi connectivity index (χ0n) is 5.71. The molecule has 0 atom stereocenters. The molecule has 6 nitrogen and oxygen atoms in total. The summed E-state index contributed by atoms with van der Waals surface area (Å²) in [6.07, 6.45) is 0.850. The van der Waals surface area contributed by atoms with E-state index >= 15 is 0 Å². The van der Waals surface area contributed by atoms with Gasteiger partial charge in [0.15, 0.2) is 6.20 Å². The number of pyridine rings is 1. The van der Waals surface area contributed by atoms with Crippen molar-refractivity contribution in [3.63, 3.8) is 0 Å². The molecule has 0 saturated heterocycles. The fourth-order valence-electron chi connectivity index (χ4n) is 0.710. The van der Waals surface area contributed by atoms with E-state index in [4.69, 9.17) is 9.66 Å². The fraction of sp³-hybridized carbons (Fsp3) is 0. The summed E-state index contributed by atoms with van der Waals surface area (Å²) in [5.41, 5.74) is 0. The highest BCUT2D eigenvalue weighted by atomic mass is 32.2. The van der Waals surface area contributed by atoms with E-state index in [-0.39, 0.29) is 4.73 Å². The predicted octanol–water partition coefficient (Wildman–Crippen LogP) is -0.728. The quantitative estimate of drug-likeness (QED) is 0.346. The Labute approximate surface area is 68.0 Å². The van der Waals surface area contributed by atoms with Crippen molar-refractivity contribution < 1.29 is 22.8 Å². The second-order valence-electron chi connectivity index (χ2n) is 2.00. The largest absolute Gasteiger partial charge is 0.618 e. The van der Waals surface area contributed by atoms with Gasteiger partial charge in [0, 0.05) is 6.07 Å². The number of hydrogen-bond donors (Lipinski definition) is 2. The zero-order chi connectivity index (χ0) is 9.35. The molecule has 0 saturated carbocycles. The normalized spacial score (nSPS) is 11.4. The molecular weight excluding hydrogens is 186 g/mol. The van der Waals surface area contributed by atoms with E-state index in [9.17, 15) is 13.6 Å². The average molecular weight is 191 g/mol. The lowest BCUT2D eigenvalue weighted by molar-refractivity contribution is -0.647. The summed E-state index contributed by atoms with van der Waals surface area (Å²) in [6.45, 7) is 0. The van der Waals surface area contributed by atoms with Crippen LogP contribution in [0.4, 0.5) is 0 Å². The molecule has 0 aliphatic carbocycles. The van der Waals surface area contributed by atoms with Crippen LogP contribution in [-0.2, 0) is 10.1 Å². The van der Waals surface area contributed by atoms with Crippen molar-refractivity contribution in [1.82, 2.24) is 0 Å². The van der Waals surface area contributed by atoms with Gasteiger partial charge in [0.1, 0.15) is 0 Å². The molecule has 0 spiro atoms. The van der Waals surface area contributed by atoms with Crippen molar-refractivity contribution in [1.29, 1.82) is 0 Å². The molecule has 1 heterocycles. The van der Waals surface area contributed by atoms with Crippen LogP contribution in [0, 0.1) is 5.21 Å². The lowest BCUT2D eigenvalue weighted by Crippen LogP contribution is -2.33. The number of nitrogens with zero attached hydrogens (tertiary/aromatic N) is 1. The molecule has 0 unspecified atom stereocenters. The Kier molecular flexibility index (Phi) is 1.90. The summed E-state index contributed by atoms with van der Waals surface area (Å²) in [4.78, 5) is 0. The predicted molar refractivity (Wildman–Crippen MR) is 36.9 cm³/mol. The minimum absolute atomic E-state index is 0.134. The summed E-state index contributed by atoms with van der Waals surface area (Å²) >= 11 is 0. The lowest BCUT2D eigenvalue weighted by Gasteiger charge is -2.01. The van der Waals surface area contributed by atoms with E-state index in [1.165, 1.54) is 0 Å². The minimum atomic E-state index is -4.66. The van der Waals surface area contributed by atoms with Gasteiger partial charge in [-0.05, 0) is 6.07 Å². The molecular formula is C5H5NO5S. The Bertz CT molecular complexity index is 378. The Morgan fingerprint density at radius 3 is 2.42 bits per heavy atom. The summed E-state index contributed by atoms with van der Waals surface area (Å²) in [6, 6.07) is 2.13. The van der Waals surface area contributed by atoms with Gasteiger partial charge in [-0.2, -0.15) is 13.1 Å². The smallest absolute Gasteiger partial charge is 0.377 e. The highest BCUT2D eigenvalue weighted by Gasteiger charge is 2.25. The van der Waals surface area contributed by atoms with Gasteiger partial charge in [-0.25, -0.2) is 0 Å². The van der Waals surface area contributed by atoms with Crippen LogP contribution in [0.1, 0.15) is 0 Å². The van der Waals surface area contributed by atoms with Crippen LogP contribution in [0.25, 0.3) is 0 Å². The van der Waals surface area contributed by atoms with Gasteiger partial charge >= 0.3 is 15.1 Å². The number of aromatic hydroxyl groups is 1. The summed E-state index contributed by atoms with van der Waals surface area (Å²) in [7, 11) is -4.66. The van der Waals surface area contributed by atoms with Crippen molar-refractivity contribution in [3.05, 3.63) is 23.5 Å². The van der Waals surface area contributed by atoms with Crippen molar-refractivity contribution in [2.45, 2.75) is 5.03 Å². The third-order valence-corrected chi connectivity index (χ3v) is 2.02. The summed E-state index contributed by atoms with van der Waals surface area (Å²) in [5.74, 6) is -0.782. The Morgan fingerprint density at radius 2 is 2.08 bits per heavy atom. The van der Waals surface area contributed by atoms with E-state index in [1.54, 1.807) is 0 Å². The number of hydrogen-bond acceptors (Lipinski definition) is 4. The molecule has 1 aromatic rings. The highest BCUT2D eigenvalue weighted by Crippen LogP contribution is 2.15. The van der Waals surface area contributed by atoms with E-state index in [0.717, 1.165) is 18.3 Å². The van der Waals surface area contributed by atoms with Crippen LogP contribution < -0.4 is 4.73 Å². The molecule has 66 valence electrons. The Balaban J connectivity index is 3.53. The number of aromatic nitrogens is 1. The van der Waals surface area contributed by atoms with Crippen LogP contribution >= 0.6 is 0 Å². The molecule has 0 aliphatic rings. The van der Waals surface area contributed by atoms with E-state index < -0.39 is 20.9 Å². The molecule has 0 amide bonds. The molecule has 0 aliphatic heterocycles. The van der Waals surface area contributed by atoms with Gasteiger partial charge in [0.05, 0.1) is 0 Å². The first-order valence-electron chi connectivity index (χ1n) is 2.81. The topological polar surface area (TPSA) is 102 Å². The second-order valence-corrected chi connectivity index (χ2v) is 3.34. The first-order valence-corrected chi connectivity index (χ1v) is 4.25. The molecule has 1 rings (SSSR count). The maximum Gasteiger partial charge on any atom is 0.377 e. The van der Waals surface area contributed by atoms with E-state index in [2.05, 4.69) is 0 Å². The van der Waals surface area contributed by atoms with Crippen molar-refractivity contribution in [3.8, 4) is 5.75 Å². The molecule has 2 N–H and O–H groups in total. The molecule has 7 heteroatoms. The molecule has 0 radical (unpaired) electrons. The highest BCUT2D eigenvalue weighted by molar-refractivity contribution is 7.85. The van der Waals surface area contributed by atoms with Crippen molar-refractivity contribution in [2.75, 3.05) is 0 Å². The summed E-state index contributed by atoms with van der Waals surface area (Å²) in [5, 5.41) is 18.5. The maximum absolute atomic E-state index is 10.7. The Morgan fingerprint density at radius 1 is 1.50 bits per heavy atom. The lowest BCUT2D eigenvalue weighted by atomic mass is 10.5. The molecule has 12 heavy (non-hydrogen) atoms. The third-order valence-electron chi connectivity index (χ3n) is 1.14. The molecule has 0 fully saturated rings. The van der Waals surface area contributed by atoms with Gasteiger partial charge in [0.25, 0.3) is 0 Å². The maximum atomic E-state index is 10.7. The first kappa shape index (κ1) is 8.75. The van der Waals surface area contributed by atoms with Crippen molar-refractivity contribution >= 4 is 10.1 Å². The van der Waals surface area contributed by atoms with Crippen LogP contribution in [0.2, 0.25) is 0 Å². The standard InChI is InChI=1S/C5H5NO5S/c7-4-2-1-3-6(8)5(4)12(9,10)11/h1-3,7H,(H,9,10,11). The van der Waals surface area contributed by atoms with Gasteiger partial charge in [-0.3, -0.25) is 4.55 Å². The van der Waals surface area contributed by atoms with Crippen LogP contribution in [0.15, 0.2) is 23.4 Å². The Hall–Kier alpha value is -1.34.